The van der Waals surface area contributed by atoms with Crippen LogP contribution in [-0.2, 0) is 14.6 Å². The van der Waals surface area contributed by atoms with Gasteiger partial charge < -0.3 is 4.74 Å². The first-order valence-corrected chi connectivity index (χ1v) is 13.1. The Morgan fingerprint density at radius 3 is 2.71 bits per heavy atom. The topological polar surface area (TPSA) is 76.6 Å². The van der Waals surface area contributed by atoms with Crippen molar-refractivity contribution in [2.75, 3.05) is 24.3 Å². The predicted molar refractivity (Wildman–Crippen MR) is 124 cm³/mol. The molecule has 0 N–H and O–H groups in total. The van der Waals surface area contributed by atoms with Crippen LogP contribution in [0.2, 0.25) is 0 Å². The molecule has 164 valence electrons. The summed E-state index contributed by atoms with van der Waals surface area (Å²) in [6.45, 7) is 5.33. The summed E-state index contributed by atoms with van der Waals surface area (Å²) in [6, 6.07) is 12.3. The number of amides is 1. The summed E-state index contributed by atoms with van der Waals surface area (Å²) in [5, 5.41) is 0.605. The minimum absolute atomic E-state index is 0.0568. The number of hydrogen-bond donors (Lipinski definition) is 0. The van der Waals surface area contributed by atoms with Crippen molar-refractivity contribution >= 4 is 42.4 Å². The van der Waals surface area contributed by atoms with Gasteiger partial charge in [0.05, 0.1) is 27.8 Å². The SMILES string of the molecule is CC(C)c1cccc2sc(N(CC3CCCO3)C(=O)c3cccc(S(C)(=O)=O)c3)nc12. The summed E-state index contributed by atoms with van der Waals surface area (Å²) in [5.74, 6) is 0.0403. The lowest BCUT2D eigenvalue weighted by Crippen LogP contribution is -2.37. The first kappa shape index (κ1) is 21.9. The second-order valence-electron chi connectivity index (χ2n) is 8.20. The van der Waals surface area contributed by atoms with Crippen LogP contribution in [0.5, 0.6) is 0 Å². The van der Waals surface area contributed by atoms with Crippen molar-refractivity contribution in [3.05, 3.63) is 53.6 Å². The molecule has 1 fully saturated rings. The fourth-order valence-corrected chi connectivity index (χ4v) is 5.47. The third kappa shape index (κ3) is 4.66. The molecule has 4 rings (SSSR count). The molecule has 1 amide bonds. The van der Waals surface area contributed by atoms with Gasteiger partial charge in [-0.1, -0.05) is 43.4 Å². The molecule has 1 unspecified atom stereocenters. The highest BCUT2D eigenvalue weighted by molar-refractivity contribution is 7.90. The zero-order chi connectivity index (χ0) is 22.2. The van der Waals surface area contributed by atoms with Crippen LogP contribution in [0.4, 0.5) is 5.13 Å². The molecule has 1 aromatic heterocycles. The molecule has 0 bridgehead atoms. The lowest BCUT2D eigenvalue weighted by Gasteiger charge is -2.23. The van der Waals surface area contributed by atoms with Crippen LogP contribution in [0, 0.1) is 0 Å². The van der Waals surface area contributed by atoms with Crippen LogP contribution >= 0.6 is 11.3 Å². The van der Waals surface area contributed by atoms with Crippen LogP contribution in [0.25, 0.3) is 10.2 Å². The van der Waals surface area contributed by atoms with E-state index in [1.807, 2.05) is 12.1 Å². The quantitative estimate of drug-likeness (QED) is 0.537. The number of hydrogen-bond acceptors (Lipinski definition) is 6. The highest BCUT2D eigenvalue weighted by Gasteiger charge is 2.28. The zero-order valence-corrected chi connectivity index (χ0v) is 19.5. The highest BCUT2D eigenvalue weighted by atomic mass is 32.2. The lowest BCUT2D eigenvalue weighted by atomic mass is 10.0. The number of ether oxygens (including phenoxy) is 1. The summed E-state index contributed by atoms with van der Waals surface area (Å²) in [5.41, 5.74) is 2.38. The number of para-hydroxylation sites is 1. The summed E-state index contributed by atoms with van der Waals surface area (Å²) in [7, 11) is -3.42. The van der Waals surface area contributed by atoms with E-state index < -0.39 is 9.84 Å². The Bertz CT molecular complexity index is 1210. The third-order valence-corrected chi connectivity index (χ3v) is 7.61. The Morgan fingerprint density at radius 2 is 2.03 bits per heavy atom. The number of nitrogens with zero attached hydrogens (tertiary/aromatic N) is 2. The molecule has 31 heavy (non-hydrogen) atoms. The lowest BCUT2D eigenvalue weighted by molar-refractivity contribution is 0.0917. The highest BCUT2D eigenvalue weighted by Crippen LogP contribution is 2.34. The second-order valence-corrected chi connectivity index (χ2v) is 11.2. The summed E-state index contributed by atoms with van der Waals surface area (Å²) in [4.78, 5) is 20.2. The van der Waals surface area contributed by atoms with Crippen molar-refractivity contribution in [3.8, 4) is 0 Å². The van der Waals surface area contributed by atoms with Gasteiger partial charge in [0.15, 0.2) is 15.0 Å². The molecular formula is C23H26N2O4S2. The maximum Gasteiger partial charge on any atom is 0.260 e. The van der Waals surface area contributed by atoms with Crippen molar-refractivity contribution in [3.63, 3.8) is 0 Å². The summed E-state index contributed by atoms with van der Waals surface area (Å²) in [6.07, 6.45) is 2.93. The maximum absolute atomic E-state index is 13.6. The minimum Gasteiger partial charge on any atom is -0.376 e. The third-order valence-electron chi connectivity index (χ3n) is 5.46. The Balaban J connectivity index is 1.77. The standard InChI is InChI=1S/C23H26N2O4S2/c1-15(2)19-10-5-11-20-21(19)24-23(30-20)25(14-17-8-6-12-29-17)22(26)16-7-4-9-18(13-16)31(3,27)28/h4-5,7,9-11,13,15,17H,6,8,12,14H2,1-3H3. The molecule has 1 aliphatic rings. The number of thiazole rings is 1. The van der Waals surface area contributed by atoms with E-state index in [-0.39, 0.29) is 16.9 Å². The van der Waals surface area contributed by atoms with Crippen molar-refractivity contribution in [1.82, 2.24) is 4.98 Å². The van der Waals surface area contributed by atoms with Gasteiger partial charge >= 0.3 is 0 Å². The van der Waals surface area contributed by atoms with Gasteiger partial charge in [0, 0.05) is 18.4 Å². The maximum atomic E-state index is 13.6. The van der Waals surface area contributed by atoms with E-state index >= 15 is 0 Å². The van der Waals surface area contributed by atoms with E-state index in [0.717, 1.165) is 34.9 Å². The van der Waals surface area contributed by atoms with E-state index in [1.54, 1.807) is 17.0 Å². The van der Waals surface area contributed by atoms with Crippen molar-refractivity contribution in [2.45, 2.75) is 43.6 Å². The van der Waals surface area contributed by atoms with Crippen LogP contribution in [0.15, 0.2) is 47.4 Å². The average Bonchev–Trinajstić information content (AvgIpc) is 3.40. The van der Waals surface area contributed by atoms with Gasteiger partial charge in [0.1, 0.15) is 0 Å². The number of fused-ring (bicyclic) bond motifs is 1. The van der Waals surface area contributed by atoms with Gasteiger partial charge in [-0.15, -0.1) is 0 Å². The number of sulfone groups is 1. The minimum atomic E-state index is -3.42. The van der Waals surface area contributed by atoms with Crippen LogP contribution < -0.4 is 4.90 Å². The Labute approximate surface area is 186 Å². The smallest absolute Gasteiger partial charge is 0.260 e. The first-order valence-electron chi connectivity index (χ1n) is 10.4. The van der Waals surface area contributed by atoms with Gasteiger partial charge in [-0.2, -0.15) is 0 Å². The zero-order valence-electron chi connectivity index (χ0n) is 17.9. The second kappa shape index (κ2) is 8.68. The van der Waals surface area contributed by atoms with Gasteiger partial charge in [-0.3, -0.25) is 9.69 Å². The molecule has 8 heteroatoms. The first-order chi connectivity index (χ1) is 14.7. The summed E-state index contributed by atoms with van der Waals surface area (Å²) >= 11 is 1.47. The Hall–Kier alpha value is -2.29. The van der Waals surface area contributed by atoms with Gasteiger partial charge in [-0.05, 0) is 48.6 Å². The van der Waals surface area contributed by atoms with E-state index in [9.17, 15) is 13.2 Å². The molecule has 3 aromatic rings. The van der Waals surface area contributed by atoms with Crippen LogP contribution in [-0.4, -0.2) is 44.8 Å². The molecule has 0 radical (unpaired) electrons. The van der Waals surface area contributed by atoms with Crippen molar-refractivity contribution < 1.29 is 17.9 Å². The van der Waals surface area contributed by atoms with Crippen molar-refractivity contribution in [1.29, 1.82) is 0 Å². The average molecular weight is 459 g/mol. The number of rotatable bonds is 6. The Kier molecular flexibility index (Phi) is 6.14. The number of aromatic nitrogens is 1. The van der Waals surface area contributed by atoms with E-state index in [2.05, 4.69) is 19.9 Å². The van der Waals surface area contributed by atoms with E-state index in [4.69, 9.17) is 9.72 Å². The number of benzene rings is 2. The van der Waals surface area contributed by atoms with E-state index in [0.29, 0.717) is 29.8 Å². The monoisotopic (exact) mass is 458 g/mol. The summed E-state index contributed by atoms with van der Waals surface area (Å²) < 4.78 is 30.8. The number of carbonyl (C=O) groups is 1. The molecule has 2 aromatic carbocycles. The molecule has 0 aliphatic carbocycles. The van der Waals surface area contributed by atoms with E-state index in [1.165, 1.54) is 23.5 Å². The van der Waals surface area contributed by atoms with Gasteiger partial charge in [-0.25, -0.2) is 13.4 Å². The Morgan fingerprint density at radius 1 is 1.26 bits per heavy atom. The molecule has 0 spiro atoms. The fraction of sp³-hybridized carbons (Fsp3) is 0.391. The molecule has 1 atom stereocenters. The molecule has 0 saturated carbocycles. The predicted octanol–water partition coefficient (Wildman–Crippen LogP) is 4.65. The molecule has 1 aliphatic heterocycles. The molecule has 2 heterocycles. The van der Waals surface area contributed by atoms with Crippen LogP contribution in [0.1, 0.15) is 48.5 Å². The van der Waals surface area contributed by atoms with Crippen molar-refractivity contribution in [2.24, 2.45) is 0 Å². The van der Waals surface area contributed by atoms with Gasteiger partial charge in [0.2, 0.25) is 0 Å². The van der Waals surface area contributed by atoms with Gasteiger partial charge in [0.25, 0.3) is 5.91 Å². The normalized spacial score (nSPS) is 16.8. The number of carbonyl (C=O) groups excluding carboxylic acids is 1. The molecule has 6 nitrogen and oxygen atoms in total. The molecular weight excluding hydrogens is 432 g/mol. The van der Waals surface area contributed by atoms with Crippen LogP contribution in [0.3, 0.4) is 0 Å². The largest absolute Gasteiger partial charge is 0.376 e. The molecule has 1 saturated heterocycles. The fourth-order valence-electron chi connectivity index (χ4n) is 3.79. The number of anilines is 1.